The number of aryl methyl sites for hydroxylation is 1. The van der Waals surface area contributed by atoms with Crippen molar-refractivity contribution in [1.82, 2.24) is 20.5 Å². The third-order valence-corrected chi connectivity index (χ3v) is 7.89. The summed E-state index contributed by atoms with van der Waals surface area (Å²) in [6.07, 6.45) is 7.94. The number of carbonyl (C=O) groups is 2. The lowest BCUT2D eigenvalue weighted by molar-refractivity contribution is -0.123. The topological polar surface area (TPSA) is 86.5 Å². The summed E-state index contributed by atoms with van der Waals surface area (Å²) >= 11 is 0. The summed E-state index contributed by atoms with van der Waals surface area (Å²) in [6.45, 7) is 6.34. The number of hydrogen-bond acceptors (Lipinski definition) is 4. The molecule has 2 fully saturated rings. The lowest BCUT2D eigenvalue weighted by atomic mass is 10.1. The maximum atomic E-state index is 13.2. The molecule has 5 rings (SSSR count). The minimum absolute atomic E-state index is 0.144. The standard InChI is InChI=1S/C31H40N4O3/c1-22-26-7-3-4-8-27(26)33-29(22)31(37)34-28(16-13-23-9-10-23)30(36)32-21-24-11-14-25(15-12-24)38-20-19-35-17-5-2-6-18-35/h3-4,7-8,11-12,14-15,23,28,33H,2,5-6,9-10,13,16-21H2,1H3,(H,32,36)(H,34,37). The average molecular weight is 517 g/mol. The van der Waals surface area contributed by atoms with Crippen LogP contribution in [0.25, 0.3) is 10.9 Å². The van der Waals surface area contributed by atoms with Crippen molar-refractivity contribution in [2.45, 2.75) is 64.5 Å². The van der Waals surface area contributed by atoms with Crippen LogP contribution in [0.15, 0.2) is 48.5 Å². The number of piperidine rings is 1. The van der Waals surface area contributed by atoms with Gasteiger partial charge in [-0.15, -0.1) is 0 Å². The number of amides is 2. The van der Waals surface area contributed by atoms with E-state index in [1.165, 1.54) is 45.2 Å². The minimum Gasteiger partial charge on any atom is -0.492 e. The summed E-state index contributed by atoms with van der Waals surface area (Å²) in [5, 5.41) is 7.07. The van der Waals surface area contributed by atoms with Crippen molar-refractivity contribution in [3.8, 4) is 5.75 Å². The SMILES string of the molecule is Cc1c(C(=O)NC(CCC2CC2)C(=O)NCc2ccc(OCCN3CCCCC3)cc2)[nH]c2ccccc12. The van der Waals surface area contributed by atoms with E-state index in [2.05, 4.69) is 20.5 Å². The molecule has 1 atom stereocenters. The minimum atomic E-state index is -0.564. The van der Waals surface area contributed by atoms with Crippen LogP contribution >= 0.6 is 0 Å². The molecule has 2 aliphatic rings. The van der Waals surface area contributed by atoms with Gasteiger partial charge in [0.1, 0.15) is 24.1 Å². The maximum absolute atomic E-state index is 13.2. The van der Waals surface area contributed by atoms with E-state index in [-0.39, 0.29) is 11.8 Å². The third kappa shape index (κ3) is 6.95. The van der Waals surface area contributed by atoms with Crippen molar-refractivity contribution >= 4 is 22.7 Å². The normalized spacial score (nSPS) is 16.8. The Morgan fingerprint density at radius 1 is 1.05 bits per heavy atom. The van der Waals surface area contributed by atoms with Crippen molar-refractivity contribution in [3.05, 3.63) is 65.4 Å². The first-order valence-electron chi connectivity index (χ1n) is 14.2. The van der Waals surface area contributed by atoms with Crippen molar-refractivity contribution < 1.29 is 14.3 Å². The van der Waals surface area contributed by atoms with Gasteiger partial charge in [-0.25, -0.2) is 0 Å². The molecule has 1 unspecified atom stereocenters. The highest BCUT2D eigenvalue weighted by Crippen LogP contribution is 2.34. The van der Waals surface area contributed by atoms with Crippen LogP contribution in [0.2, 0.25) is 0 Å². The number of H-pyrrole nitrogens is 1. The predicted molar refractivity (Wildman–Crippen MR) is 150 cm³/mol. The molecule has 2 aromatic carbocycles. The second-order valence-corrected chi connectivity index (χ2v) is 10.8. The molecule has 3 N–H and O–H groups in total. The van der Waals surface area contributed by atoms with Gasteiger partial charge >= 0.3 is 0 Å². The van der Waals surface area contributed by atoms with Gasteiger partial charge in [-0.1, -0.05) is 49.6 Å². The number of benzene rings is 2. The summed E-state index contributed by atoms with van der Waals surface area (Å²) in [4.78, 5) is 32.0. The van der Waals surface area contributed by atoms with Crippen LogP contribution in [0, 0.1) is 12.8 Å². The van der Waals surface area contributed by atoms with Crippen molar-refractivity contribution in [2.75, 3.05) is 26.2 Å². The quantitative estimate of drug-likeness (QED) is 0.318. The molecule has 7 nitrogen and oxygen atoms in total. The summed E-state index contributed by atoms with van der Waals surface area (Å²) in [7, 11) is 0. The molecule has 3 aromatic rings. The zero-order valence-corrected chi connectivity index (χ0v) is 22.4. The van der Waals surface area contributed by atoms with Crippen LogP contribution in [-0.4, -0.2) is 54.0 Å². The number of fused-ring (bicyclic) bond motifs is 1. The van der Waals surface area contributed by atoms with E-state index in [1.807, 2.05) is 55.5 Å². The zero-order chi connectivity index (χ0) is 26.3. The van der Waals surface area contributed by atoms with Crippen LogP contribution in [0.3, 0.4) is 0 Å². The van der Waals surface area contributed by atoms with E-state index in [1.54, 1.807) is 0 Å². The number of aromatic nitrogens is 1. The van der Waals surface area contributed by atoms with Gasteiger partial charge in [0.05, 0.1) is 0 Å². The summed E-state index contributed by atoms with van der Waals surface area (Å²) in [6, 6.07) is 15.2. The lowest BCUT2D eigenvalue weighted by Gasteiger charge is -2.26. The van der Waals surface area contributed by atoms with Crippen LogP contribution in [0.5, 0.6) is 5.75 Å². The van der Waals surface area contributed by atoms with Gasteiger partial charge < -0.3 is 20.4 Å². The highest BCUT2D eigenvalue weighted by atomic mass is 16.5. The highest BCUT2D eigenvalue weighted by Gasteiger charge is 2.27. The van der Waals surface area contributed by atoms with E-state index >= 15 is 0 Å². The Morgan fingerprint density at radius 3 is 2.55 bits per heavy atom. The van der Waals surface area contributed by atoms with E-state index in [0.29, 0.717) is 31.2 Å². The first kappa shape index (κ1) is 26.3. The van der Waals surface area contributed by atoms with E-state index in [9.17, 15) is 9.59 Å². The zero-order valence-electron chi connectivity index (χ0n) is 22.4. The van der Waals surface area contributed by atoms with Gasteiger partial charge in [0.25, 0.3) is 5.91 Å². The Kier molecular flexibility index (Phi) is 8.64. The smallest absolute Gasteiger partial charge is 0.268 e. The summed E-state index contributed by atoms with van der Waals surface area (Å²) < 4.78 is 5.93. The fraction of sp³-hybridized carbons (Fsp3) is 0.484. The molecular weight excluding hydrogens is 476 g/mol. The van der Waals surface area contributed by atoms with Crippen LogP contribution in [0.1, 0.15) is 66.6 Å². The Bertz CT molecular complexity index is 1230. The van der Waals surface area contributed by atoms with Gasteiger partial charge in [0.2, 0.25) is 5.91 Å². The molecule has 0 radical (unpaired) electrons. The van der Waals surface area contributed by atoms with Crippen LogP contribution in [-0.2, 0) is 11.3 Å². The first-order valence-corrected chi connectivity index (χ1v) is 14.2. The summed E-state index contributed by atoms with van der Waals surface area (Å²) in [5.41, 5.74) is 3.34. The number of nitrogens with zero attached hydrogens (tertiary/aromatic N) is 1. The molecule has 2 amide bonds. The van der Waals surface area contributed by atoms with Crippen molar-refractivity contribution in [3.63, 3.8) is 0 Å². The second-order valence-electron chi connectivity index (χ2n) is 10.8. The molecular formula is C31H40N4O3. The van der Waals surface area contributed by atoms with Gasteiger partial charge in [0.15, 0.2) is 0 Å². The van der Waals surface area contributed by atoms with Gasteiger partial charge in [-0.3, -0.25) is 14.5 Å². The van der Waals surface area contributed by atoms with Gasteiger partial charge in [-0.05, 0) is 80.9 Å². The Labute approximate surface area is 225 Å². The Balaban J connectivity index is 1.13. The number of aromatic amines is 1. The molecule has 1 saturated heterocycles. The van der Waals surface area contributed by atoms with Gasteiger partial charge in [0, 0.05) is 24.0 Å². The van der Waals surface area contributed by atoms with Crippen LogP contribution in [0.4, 0.5) is 0 Å². The molecule has 0 bridgehead atoms. The van der Waals surface area contributed by atoms with Crippen molar-refractivity contribution in [2.24, 2.45) is 5.92 Å². The predicted octanol–water partition coefficient (Wildman–Crippen LogP) is 4.95. The molecule has 38 heavy (non-hydrogen) atoms. The maximum Gasteiger partial charge on any atom is 0.268 e. The van der Waals surface area contributed by atoms with Gasteiger partial charge in [-0.2, -0.15) is 0 Å². The third-order valence-electron chi connectivity index (χ3n) is 7.89. The second kappa shape index (κ2) is 12.5. The number of para-hydroxylation sites is 1. The van der Waals surface area contributed by atoms with Crippen LogP contribution < -0.4 is 15.4 Å². The molecule has 202 valence electrons. The number of hydrogen-bond donors (Lipinski definition) is 3. The molecule has 0 spiro atoms. The fourth-order valence-corrected chi connectivity index (χ4v) is 5.31. The van der Waals surface area contributed by atoms with E-state index < -0.39 is 6.04 Å². The Morgan fingerprint density at radius 2 is 1.82 bits per heavy atom. The van der Waals surface area contributed by atoms with E-state index in [4.69, 9.17) is 4.74 Å². The highest BCUT2D eigenvalue weighted by molar-refractivity contribution is 6.02. The summed E-state index contributed by atoms with van der Waals surface area (Å²) in [5.74, 6) is 1.15. The molecule has 1 saturated carbocycles. The number of ether oxygens (including phenoxy) is 1. The van der Waals surface area contributed by atoms with Crippen molar-refractivity contribution in [1.29, 1.82) is 0 Å². The molecule has 1 aliphatic heterocycles. The lowest BCUT2D eigenvalue weighted by Crippen LogP contribution is -2.46. The first-order chi connectivity index (χ1) is 18.6. The molecule has 2 heterocycles. The van der Waals surface area contributed by atoms with E-state index in [0.717, 1.165) is 40.7 Å². The number of nitrogens with one attached hydrogen (secondary N) is 3. The fourth-order valence-electron chi connectivity index (χ4n) is 5.31. The monoisotopic (exact) mass is 516 g/mol. The number of carbonyl (C=O) groups excluding carboxylic acids is 2. The Hall–Kier alpha value is -3.32. The molecule has 1 aromatic heterocycles. The molecule has 7 heteroatoms. The average Bonchev–Trinajstić information content (AvgIpc) is 3.72. The largest absolute Gasteiger partial charge is 0.492 e. The number of rotatable bonds is 12. The number of likely N-dealkylation sites (tertiary alicyclic amines) is 1. The molecule has 1 aliphatic carbocycles.